The normalized spacial score (nSPS) is 19.9. The number of rotatable bonds is 9. The van der Waals surface area contributed by atoms with Crippen molar-refractivity contribution < 1.29 is 14.4 Å². The number of nitrogens with zero attached hydrogens (tertiary/aromatic N) is 5. The van der Waals surface area contributed by atoms with E-state index in [2.05, 4.69) is 29.0 Å². The smallest absolute Gasteiger partial charge is 0.332 e. The van der Waals surface area contributed by atoms with Crippen molar-refractivity contribution in [3.05, 3.63) is 112 Å². The molecule has 6 rings (SSSR count). The molecule has 4 amide bonds. The van der Waals surface area contributed by atoms with Crippen molar-refractivity contribution in [1.82, 2.24) is 30.1 Å². The molecule has 2 atom stereocenters. The zero-order valence-electron chi connectivity index (χ0n) is 24.7. The molecule has 3 heterocycles. The first kappa shape index (κ1) is 30.8. The van der Waals surface area contributed by atoms with E-state index in [-0.39, 0.29) is 44.0 Å². The number of piperazine rings is 1. The van der Waals surface area contributed by atoms with Gasteiger partial charge in [-0.05, 0) is 42.2 Å². The van der Waals surface area contributed by atoms with Gasteiger partial charge in [0.1, 0.15) is 12.2 Å². The first-order chi connectivity index (χ1) is 21.9. The molecule has 2 saturated heterocycles. The second-order valence-electron chi connectivity index (χ2n) is 11.3. The topological polar surface area (TPSA) is 89.1 Å². The minimum Gasteiger partial charge on any atom is -0.333 e. The second-order valence-corrected chi connectivity index (χ2v) is 12.1. The van der Waals surface area contributed by atoms with Crippen molar-refractivity contribution in [2.75, 3.05) is 26.2 Å². The standard InChI is InChI=1S/C34H34Cl2N6O3/c1-2-16-40(34(45)38-19-24-12-7-4-8-13-24)41-22-31(43)42-29(17-23-10-5-3-6-11-23)33(44)39(21-30(41)42)20-26-28(36)18-27(35)25-14-9-15-37-32(25)26/h2-3,5-7,9-15,18,29-30H,1,4,8,16-17,19-22H2,(H,38,45)/t29-,30+/m0/s1. The fourth-order valence-electron chi connectivity index (χ4n) is 6.29. The first-order valence-corrected chi connectivity index (χ1v) is 15.7. The Morgan fingerprint density at radius 3 is 2.69 bits per heavy atom. The molecule has 2 aliphatic heterocycles. The zero-order valence-corrected chi connectivity index (χ0v) is 26.3. The zero-order chi connectivity index (χ0) is 31.5. The van der Waals surface area contributed by atoms with Crippen LogP contribution >= 0.6 is 23.2 Å². The first-order valence-electron chi connectivity index (χ1n) is 15.0. The monoisotopic (exact) mass is 644 g/mol. The number of amides is 4. The number of hydrogen-bond donors (Lipinski definition) is 1. The number of carbonyl (C=O) groups excluding carboxylic acids is 3. The number of fused-ring (bicyclic) bond motifs is 2. The Labute approximate surface area is 272 Å². The Bertz CT molecular complexity index is 1690. The van der Waals surface area contributed by atoms with Crippen LogP contribution < -0.4 is 5.32 Å². The molecular weight excluding hydrogens is 611 g/mol. The van der Waals surface area contributed by atoms with Crippen molar-refractivity contribution in [1.29, 1.82) is 0 Å². The molecule has 45 heavy (non-hydrogen) atoms. The molecule has 1 aliphatic carbocycles. The van der Waals surface area contributed by atoms with E-state index in [0.717, 1.165) is 29.4 Å². The van der Waals surface area contributed by atoms with E-state index < -0.39 is 12.2 Å². The number of aromatic nitrogens is 1. The van der Waals surface area contributed by atoms with Crippen molar-refractivity contribution in [3.8, 4) is 0 Å². The highest BCUT2D eigenvalue weighted by atomic mass is 35.5. The number of nitrogens with one attached hydrogen (secondary N) is 1. The average Bonchev–Trinajstić information content (AvgIpc) is 3.38. The maximum atomic E-state index is 14.3. The van der Waals surface area contributed by atoms with E-state index in [0.29, 0.717) is 34.1 Å². The maximum absolute atomic E-state index is 14.3. The van der Waals surface area contributed by atoms with Gasteiger partial charge < -0.3 is 15.1 Å². The molecule has 0 unspecified atom stereocenters. The van der Waals surface area contributed by atoms with Gasteiger partial charge >= 0.3 is 6.03 Å². The molecule has 2 fully saturated rings. The van der Waals surface area contributed by atoms with Gasteiger partial charge in [-0.1, -0.05) is 77.8 Å². The van der Waals surface area contributed by atoms with Crippen molar-refractivity contribution in [2.45, 2.75) is 38.0 Å². The highest BCUT2D eigenvalue weighted by Crippen LogP contribution is 2.35. The van der Waals surface area contributed by atoms with Gasteiger partial charge in [-0.2, -0.15) is 5.01 Å². The molecule has 0 spiro atoms. The summed E-state index contributed by atoms with van der Waals surface area (Å²) in [6, 6.07) is 13.8. The van der Waals surface area contributed by atoms with Crippen LogP contribution in [0.1, 0.15) is 24.0 Å². The van der Waals surface area contributed by atoms with E-state index in [4.69, 9.17) is 23.2 Å². The fraction of sp³-hybridized carbons (Fsp3) is 0.294. The number of halogens is 2. The molecule has 9 nitrogen and oxygen atoms in total. The van der Waals surface area contributed by atoms with Gasteiger partial charge in [0.05, 0.1) is 30.2 Å². The molecule has 1 aromatic heterocycles. The lowest BCUT2D eigenvalue weighted by Crippen LogP contribution is -2.66. The predicted octanol–water partition coefficient (Wildman–Crippen LogP) is 5.35. The number of allylic oxidation sites excluding steroid dienone is 2. The Kier molecular flexibility index (Phi) is 9.21. The summed E-state index contributed by atoms with van der Waals surface area (Å²) in [6.45, 7) is 4.70. The van der Waals surface area contributed by atoms with Gasteiger partial charge in [0, 0.05) is 41.7 Å². The highest BCUT2D eigenvalue weighted by molar-refractivity contribution is 6.39. The summed E-state index contributed by atoms with van der Waals surface area (Å²) in [6.07, 6.45) is 11.2. The molecule has 0 bridgehead atoms. The van der Waals surface area contributed by atoms with Gasteiger partial charge in [0.2, 0.25) is 11.8 Å². The van der Waals surface area contributed by atoms with Crippen LogP contribution in [0.3, 0.4) is 0 Å². The molecule has 232 valence electrons. The minimum atomic E-state index is -0.778. The van der Waals surface area contributed by atoms with Crippen molar-refractivity contribution in [3.63, 3.8) is 0 Å². The van der Waals surface area contributed by atoms with Gasteiger partial charge in [0.15, 0.2) is 0 Å². The van der Waals surface area contributed by atoms with Crippen LogP contribution in [0.25, 0.3) is 10.9 Å². The van der Waals surface area contributed by atoms with E-state index in [1.165, 1.54) is 5.01 Å². The van der Waals surface area contributed by atoms with Gasteiger partial charge in [-0.15, -0.1) is 6.58 Å². The maximum Gasteiger partial charge on any atom is 0.332 e. The number of hydrogen-bond acceptors (Lipinski definition) is 5. The summed E-state index contributed by atoms with van der Waals surface area (Å²) < 4.78 is 0. The third-order valence-corrected chi connectivity index (χ3v) is 9.09. The number of urea groups is 1. The summed E-state index contributed by atoms with van der Waals surface area (Å²) in [7, 11) is 0. The number of carbonyl (C=O) groups is 3. The molecule has 1 N–H and O–H groups in total. The fourth-order valence-corrected chi connectivity index (χ4v) is 6.87. The van der Waals surface area contributed by atoms with Crippen molar-refractivity contribution in [2.24, 2.45) is 0 Å². The molecule has 3 aromatic rings. The summed E-state index contributed by atoms with van der Waals surface area (Å²) in [4.78, 5) is 49.5. The summed E-state index contributed by atoms with van der Waals surface area (Å²) >= 11 is 13.2. The van der Waals surface area contributed by atoms with Crippen LogP contribution in [0, 0.1) is 0 Å². The number of benzene rings is 2. The van der Waals surface area contributed by atoms with Crippen molar-refractivity contribution >= 4 is 52.0 Å². The largest absolute Gasteiger partial charge is 0.333 e. The number of hydrazine groups is 1. The second kappa shape index (κ2) is 13.4. The van der Waals surface area contributed by atoms with E-state index in [9.17, 15) is 14.4 Å². The Morgan fingerprint density at radius 1 is 1.11 bits per heavy atom. The lowest BCUT2D eigenvalue weighted by Gasteiger charge is -2.46. The van der Waals surface area contributed by atoms with Gasteiger partial charge in [0.25, 0.3) is 0 Å². The van der Waals surface area contributed by atoms with Crippen LogP contribution in [0.15, 0.2) is 91.2 Å². The molecule has 2 aromatic carbocycles. The molecule has 11 heteroatoms. The van der Waals surface area contributed by atoms with Crippen LogP contribution in [0.4, 0.5) is 4.79 Å². The molecule has 3 aliphatic rings. The van der Waals surface area contributed by atoms with Crippen LogP contribution in [-0.4, -0.2) is 81.0 Å². The van der Waals surface area contributed by atoms with E-state index in [1.807, 2.05) is 42.5 Å². The quantitative estimate of drug-likeness (QED) is 0.317. The van der Waals surface area contributed by atoms with E-state index >= 15 is 0 Å². The Balaban J connectivity index is 1.33. The van der Waals surface area contributed by atoms with Gasteiger partial charge in [-0.25, -0.2) is 4.79 Å². The highest BCUT2D eigenvalue weighted by Gasteiger charge is 2.52. The Morgan fingerprint density at radius 2 is 1.93 bits per heavy atom. The lowest BCUT2D eigenvalue weighted by atomic mass is 9.99. The summed E-state index contributed by atoms with van der Waals surface area (Å²) in [5.74, 6) is -0.415. The predicted molar refractivity (Wildman–Crippen MR) is 175 cm³/mol. The van der Waals surface area contributed by atoms with Crippen LogP contribution in [-0.2, 0) is 22.6 Å². The minimum absolute atomic E-state index is 0.0485. The SMILES string of the molecule is C=CCN(C(=O)NCC1=CCCC=C1)N1CC(=O)N2[C@@H](Cc3ccccc3)C(=O)N(Cc3c(Cl)cc(Cl)c4cccnc34)C[C@@H]21. The summed E-state index contributed by atoms with van der Waals surface area (Å²) in [5, 5.41) is 7.88. The average molecular weight is 646 g/mol. The number of pyridine rings is 1. The molecular formula is C34H34Cl2N6O3. The summed E-state index contributed by atoms with van der Waals surface area (Å²) in [5.41, 5.74) is 3.24. The third-order valence-electron chi connectivity index (χ3n) is 8.44. The van der Waals surface area contributed by atoms with Crippen LogP contribution in [0.2, 0.25) is 10.0 Å². The van der Waals surface area contributed by atoms with Crippen LogP contribution in [0.5, 0.6) is 0 Å². The lowest BCUT2D eigenvalue weighted by molar-refractivity contribution is -0.157. The Hall–Kier alpha value is -4.18. The molecule has 0 radical (unpaired) electrons. The van der Waals surface area contributed by atoms with Gasteiger partial charge in [-0.3, -0.25) is 19.6 Å². The molecule has 0 saturated carbocycles. The van der Waals surface area contributed by atoms with E-state index in [1.54, 1.807) is 39.2 Å². The third kappa shape index (κ3) is 6.33.